The maximum absolute atomic E-state index is 12.7. The number of amides is 1. The molecule has 1 amide bonds. The molecule has 1 aliphatic heterocycles. The van der Waals surface area contributed by atoms with Gasteiger partial charge in [-0.2, -0.15) is 0 Å². The number of nitrogens with zero attached hydrogens (tertiary/aromatic N) is 1. The van der Waals surface area contributed by atoms with Crippen molar-refractivity contribution in [1.82, 2.24) is 10.2 Å². The van der Waals surface area contributed by atoms with E-state index in [0.717, 1.165) is 22.3 Å². The van der Waals surface area contributed by atoms with E-state index in [0.29, 0.717) is 24.3 Å². The van der Waals surface area contributed by atoms with Crippen LogP contribution in [0.2, 0.25) is 0 Å². The Bertz CT molecular complexity index is 786. The summed E-state index contributed by atoms with van der Waals surface area (Å²) in [6.45, 7) is 8.78. The molecule has 142 valence electrons. The van der Waals surface area contributed by atoms with E-state index in [-0.39, 0.29) is 17.8 Å². The monoisotopic (exact) mass is 361 g/mol. The summed E-state index contributed by atoms with van der Waals surface area (Å²) >= 11 is 0. The number of ether oxygens (including phenoxy) is 2. The van der Waals surface area contributed by atoms with Crippen molar-refractivity contribution in [3.8, 4) is 11.5 Å². The number of nitrogens with one attached hydrogen (secondary N) is 2. The zero-order chi connectivity index (χ0) is 19.8. The molecule has 1 atom stereocenters. The van der Waals surface area contributed by atoms with E-state index in [4.69, 9.17) is 14.9 Å². The van der Waals surface area contributed by atoms with Gasteiger partial charge in [0.25, 0.3) is 5.91 Å². The van der Waals surface area contributed by atoms with Crippen molar-refractivity contribution >= 4 is 17.8 Å². The molecule has 0 saturated carbocycles. The minimum atomic E-state index is -1.07. The fourth-order valence-corrected chi connectivity index (χ4v) is 3.04. The molecule has 1 heterocycles. The lowest BCUT2D eigenvalue weighted by Crippen LogP contribution is -2.54. The van der Waals surface area contributed by atoms with Crippen molar-refractivity contribution in [3.63, 3.8) is 0 Å². The Labute approximate surface area is 154 Å². The Balaban J connectivity index is 2.40. The predicted molar refractivity (Wildman–Crippen MR) is 98.9 cm³/mol. The number of carbonyl (C=O) groups excluding carboxylic acids is 2. The van der Waals surface area contributed by atoms with Crippen LogP contribution < -0.4 is 14.8 Å². The van der Waals surface area contributed by atoms with Gasteiger partial charge in [-0.15, -0.1) is 0 Å². The van der Waals surface area contributed by atoms with Gasteiger partial charge in [0.1, 0.15) is 11.5 Å². The van der Waals surface area contributed by atoms with Crippen LogP contribution in [0.15, 0.2) is 0 Å². The molecular weight excluding hydrogens is 334 g/mol. The van der Waals surface area contributed by atoms with Crippen LogP contribution in [0.5, 0.6) is 11.5 Å². The molecule has 1 aliphatic rings. The predicted octanol–water partition coefficient (Wildman–Crippen LogP) is 2.23. The highest BCUT2D eigenvalue weighted by atomic mass is 16.5. The number of carbonyl (C=O) groups is 2. The van der Waals surface area contributed by atoms with Crippen LogP contribution in [0, 0.1) is 26.2 Å². The van der Waals surface area contributed by atoms with Crippen LogP contribution in [0.25, 0.3) is 0 Å². The van der Waals surface area contributed by atoms with E-state index in [1.807, 2.05) is 20.8 Å². The highest BCUT2D eigenvalue weighted by Crippen LogP contribution is 2.43. The van der Waals surface area contributed by atoms with Gasteiger partial charge in [0.15, 0.2) is 11.6 Å². The van der Waals surface area contributed by atoms with Gasteiger partial charge in [0.2, 0.25) is 0 Å². The van der Waals surface area contributed by atoms with E-state index in [9.17, 15) is 9.59 Å². The summed E-state index contributed by atoms with van der Waals surface area (Å²) in [4.78, 5) is 25.6. The third kappa shape index (κ3) is 3.52. The van der Waals surface area contributed by atoms with Crippen LogP contribution in [0.3, 0.4) is 0 Å². The second kappa shape index (κ2) is 6.97. The van der Waals surface area contributed by atoms with Gasteiger partial charge in [-0.1, -0.05) is 0 Å². The third-order valence-electron chi connectivity index (χ3n) is 4.90. The highest BCUT2D eigenvalue weighted by Gasteiger charge is 2.41. The Morgan fingerprint density at radius 1 is 1.19 bits per heavy atom. The summed E-state index contributed by atoms with van der Waals surface area (Å²) in [5, 5.41) is 10.4. The minimum Gasteiger partial charge on any atom is -0.477 e. The maximum atomic E-state index is 12.7. The summed E-state index contributed by atoms with van der Waals surface area (Å²) < 4.78 is 11.5. The second-order valence-electron chi connectivity index (χ2n) is 7.14. The number of esters is 1. The maximum Gasteiger partial charge on any atom is 0.308 e. The summed E-state index contributed by atoms with van der Waals surface area (Å²) in [5.41, 5.74) is 2.42. The molecule has 0 bridgehead atoms. The lowest BCUT2D eigenvalue weighted by molar-refractivity contribution is -0.135. The molecule has 0 saturated heterocycles. The lowest BCUT2D eigenvalue weighted by atomic mass is 9.86. The van der Waals surface area contributed by atoms with Crippen LogP contribution >= 0.6 is 0 Å². The molecule has 2 rings (SSSR count). The Kier molecular flexibility index (Phi) is 5.30. The molecule has 7 nitrogen and oxygen atoms in total. The van der Waals surface area contributed by atoms with Crippen molar-refractivity contribution < 1.29 is 19.1 Å². The van der Waals surface area contributed by atoms with Gasteiger partial charge in [-0.05, 0) is 50.8 Å². The first-order chi connectivity index (χ1) is 12.0. The highest BCUT2D eigenvalue weighted by molar-refractivity contribution is 5.99. The summed E-state index contributed by atoms with van der Waals surface area (Å²) in [6.07, 6.45) is 1.09. The van der Waals surface area contributed by atoms with Crippen molar-refractivity contribution in [2.24, 2.45) is 0 Å². The van der Waals surface area contributed by atoms with Crippen LogP contribution in [0.1, 0.15) is 42.5 Å². The Morgan fingerprint density at radius 2 is 1.81 bits per heavy atom. The zero-order valence-corrected chi connectivity index (χ0v) is 16.5. The van der Waals surface area contributed by atoms with E-state index in [2.05, 4.69) is 5.32 Å². The SMILES string of the molecule is CC(=O)Oc1c(C)c(C)c2c(c1C)CCC(C)(C(=O)NC(=N)N(C)C)O2. The van der Waals surface area contributed by atoms with Gasteiger partial charge in [-0.3, -0.25) is 20.3 Å². The number of guanidine groups is 1. The second-order valence-corrected chi connectivity index (χ2v) is 7.14. The standard InChI is InChI=1S/C19H27N3O4/c1-10-11(2)16-14(12(3)15(10)25-13(4)23)8-9-19(5,26-16)17(24)21-18(20)22(6)7/h8-9H2,1-7H3,(H2,20,21,24). The summed E-state index contributed by atoms with van der Waals surface area (Å²) in [6, 6.07) is 0. The van der Waals surface area contributed by atoms with Gasteiger partial charge < -0.3 is 14.4 Å². The Morgan fingerprint density at radius 3 is 2.35 bits per heavy atom. The molecule has 26 heavy (non-hydrogen) atoms. The van der Waals surface area contributed by atoms with E-state index in [1.54, 1.807) is 21.0 Å². The van der Waals surface area contributed by atoms with Crippen molar-refractivity contribution in [2.75, 3.05) is 14.1 Å². The molecule has 1 aromatic carbocycles. The fourth-order valence-electron chi connectivity index (χ4n) is 3.04. The molecule has 0 spiro atoms. The largest absolute Gasteiger partial charge is 0.477 e. The minimum absolute atomic E-state index is 0.0138. The average molecular weight is 361 g/mol. The molecule has 1 unspecified atom stereocenters. The number of rotatable bonds is 2. The number of benzene rings is 1. The van der Waals surface area contributed by atoms with Gasteiger partial charge in [0, 0.05) is 33.0 Å². The first-order valence-corrected chi connectivity index (χ1v) is 8.55. The van der Waals surface area contributed by atoms with Crippen LogP contribution in [-0.4, -0.2) is 42.4 Å². The molecular formula is C19H27N3O4. The van der Waals surface area contributed by atoms with Gasteiger partial charge in [-0.25, -0.2) is 0 Å². The number of hydrogen-bond acceptors (Lipinski definition) is 5. The van der Waals surface area contributed by atoms with Crippen molar-refractivity contribution in [1.29, 1.82) is 5.41 Å². The first-order valence-electron chi connectivity index (χ1n) is 8.55. The molecule has 0 fully saturated rings. The first kappa shape index (κ1) is 19.8. The van der Waals surface area contributed by atoms with Crippen molar-refractivity contribution in [3.05, 3.63) is 22.3 Å². The smallest absolute Gasteiger partial charge is 0.308 e. The fraction of sp³-hybridized carbons (Fsp3) is 0.526. The van der Waals surface area contributed by atoms with Gasteiger partial charge >= 0.3 is 5.97 Å². The summed E-state index contributed by atoms with van der Waals surface area (Å²) in [5.74, 6) is 0.537. The molecule has 7 heteroatoms. The summed E-state index contributed by atoms with van der Waals surface area (Å²) in [7, 11) is 3.38. The normalized spacial score (nSPS) is 18.4. The Hall–Kier alpha value is -2.57. The molecule has 2 N–H and O–H groups in total. The molecule has 0 aliphatic carbocycles. The van der Waals surface area contributed by atoms with E-state index >= 15 is 0 Å². The lowest BCUT2D eigenvalue weighted by Gasteiger charge is -2.37. The average Bonchev–Trinajstić information content (AvgIpc) is 2.56. The van der Waals surface area contributed by atoms with E-state index in [1.165, 1.54) is 11.8 Å². The molecule has 0 radical (unpaired) electrons. The molecule has 1 aromatic rings. The zero-order valence-electron chi connectivity index (χ0n) is 16.5. The van der Waals surface area contributed by atoms with Crippen LogP contribution in [0.4, 0.5) is 0 Å². The number of hydrogen-bond donors (Lipinski definition) is 2. The van der Waals surface area contributed by atoms with Gasteiger partial charge in [0.05, 0.1) is 0 Å². The topological polar surface area (TPSA) is 91.7 Å². The van der Waals surface area contributed by atoms with Crippen LogP contribution in [-0.2, 0) is 16.0 Å². The third-order valence-corrected chi connectivity index (χ3v) is 4.90. The number of fused-ring (bicyclic) bond motifs is 1. The quantitative estimate of drug-likeness (QED) is 0.365. The van der Waals surface area contributed by atoms with Crippen molar-refractivity contribution in [2.45, 2.75) is 53.1 Å². The molecule has 0 aromatic heterocycles. The van der Waals surface area contributed by atoms with E-state index < -0.39 is 5.60 Å².